The van der Waals surface area contributed by atoms with Crippen LogP contribution in [0.2, 0.25) is 15.1 Å². The van der Waals surface area contributed by atoms with E-state index in [1.165, 1.54) is 6.92 Å². The minimum Gasteiger partial charge on any atom is -0.347 e. The van der Waals surface area contributed by atoms with Crippen LogP contribution in [-0.4, -0.2) is 30.6 Å². The Balaban J connectivity index is 2.30. The van der Waals surface area contributed by atoms with E-state index in [4.69, 9.17) is 34.8 Å². The maximum atomic E-state index is 13.7. The van der Waals surface area contributed by atoms with E-state index in [9.17, 15) is 49.1 Å². The molecule has 0 aliphatic rings. The van der Waals surface area contributed by atoms with Gasteiger partial charge in [-0.3, -0.25) is 9.59 Å². The first-order valence-corrected chi connectivity index (χ1v) is 12.3. The van der Waals surface area contributed by atoms with Crippen LogP contribution in [0.1, 0.15) is 52.7 Å². The fourth-order valence-electron chi connectivity index (χ4n) is 3.49. The molecular formula is C25H19Cl3F9NO2. The van der Waals surface area contributed by atoms with E-state index in [1.807, 2.05) is 0 Å². The molecule has 2 unspecified atom stereocenters. The molecular weight excluding hydrogens is 624 g/mol. The number of allylic oxidation sites excluding steroid dienone is 1. The van der Waals surface area contributed by atoms with Crippen molar-refractivity contribution in [3.05, 3.63) is 73.7 Å². The van der Waals surface area contributed by atoms with Gasteiger partial charge in [0.2, 0.25) is 5.91 Å². The molecule has 2 aromatic rings. The zero-order valence-electron chi connectivity index (χ0n) is 20.2. The van der Waals surface area contributed by atoms with Crippen molar-refractivity contribution in [1.82, 2.24) is 5.32 Å². The molecule has 0 saturated heterocycles. The SMILES string of the molecule is CC(CCC(=O)c1ccc(/C=C/C(c2cc(Cl)c(Cl)c(Cl)c2)C(F)(F)F)cc1C(F)(F)F)C(=O)NCC(F)(F)F. The Labute approximate surface area is 237 Å². The van der Waals surface area contributed by atoms with E-state index >= 15 is 0 Å². The summed E-state index contributed by atoms with van der Waals surface area (Å²) in [4.78, 5) is 24.3. The summed E-state index contributed by atoms with van der Waals surface area (Å²) in [5.41, 5.74) is -2.98. The number of halogens is 12. The molecule has 1 N–H and O–H groups in total. The third kappa shape index (κ3) is 9.59. The van der Waals surface area contributed by atoms with Gasteiger partial charge in [-0.05, 0) is 35.7 Å². The van der Waals surface area contributed by atoms with Gasteiger partial charge in [0.15, 0.2) is 5.78 Å². The van der Waals surface area contributed by atoms with Crippen LogP contribution in [0.3, 0.4) is 0 Å². The first-order chi connectivity index (χ1) is 18.2. The predicted octanol–water partition coefficient (Wildman–Crippen LogP) is 9.30. The minimum absolute atomic E-state index is 0.177. The molecule has 15 heteroatoms. The number of amides is 1. The van der Waals surface area contributed by atoms with Gasteiger partial charge in [-0.1, -0.05) is 66.0 Å². The molecule has 0 fully saturated rings. The molecule has 2 rings (SSSR count). The van der Waals surface area contributed by atoms with Crippen molar-refractivity contribution in [2.75, 3.05) is 6.54 Å². The summed E-state index contributed by atoms with van der Waals surface area (Å²) in [6, 6.07) is 4.10. The smallest absolute Gasteiger partial charge is 0.347 e. The van der Waals surface area contributed by atoms with E-state index in [2.05, 4.69) is 0 Å². The molecule has 1 amide bonds. The summed E-state index contributed by atoms with van der Waals surface area (Å²) < 4.78 is 119. The number of nitrogens with one attached hydrogen (secondary N) is 1. The lowest BCUT2D eigenvalue weighted by Crippen LogP contribution is -2.37. The van der Waals surface area contributed by atoms with E-state index in [0.29, 0.717) is 12.1 Å². The van der Waals surface area contributed by atoms with E-state index in [1.54, 1.807) is 5.32 Å². The van der Waals surface area contributed by atoms with Crippen molar-refractivity contribution in [3.8, 4) is 0 Å². The number of ketones is 1. The average molecular weight is 643 g/mol. The maximum Gasteiger partial charge on any atom is 0.417 e. The highest BCUT2D eigenvalue weighted by molar-refractivity contribution is 6.48. The number of alkyl halides is 9. The van der Waals surface area contributed by atoms with Crippen molar-refractivity contribution in [2.45, 2.75) is 44.2 Å². The topological polar surface area (TPSA) is 46.2 Å². The van der Waals surface area contributed by atoms with Crippen LogP contribution in [0.25, 0.3) is 6.08 Å². The monoisotopic (exact) mass is 641 g/mol. The van der Waals surface area contributed by atoms with Crippen molar-refractivity contribution in [2.24, 2.45) is 5.92 Å². The molecule has 0 spiro atoms. The number of carbonyl (C=O) groups is 2. The normalized spacial score (nSPS) is 14.3. The second-order valence-corrected chi connectivity index (χ2v) is 9.87. The van der Waals surface area contributed by atoms with Gasteiger partial charge in [0.1, 0.15) is 6.54 Å². The van der Waals surface area contributed by atoms with Crippen LogP contribution in [0.4, 0.5) is 39.5 Å². The Morgan fingerprint density at radius 3 is 2.00 bits per heavy atom. The summed E-state index contributed by atoms with van der Waals surface area (Å²) in [5, 5.41) is 0.916. The van der Waals surface area contributed by atoms with E-state index < -0.39 is 71.7 Å². The van der Waals surface area contributed by atoms with Crippen molar-refractivity contribution >= 4 is 52.6 Å². The van der Waals surface area contributed by atoms with Crippen molar-refractivity contribution < 1.29 is 49.1 Å². The Morgan fingerprint density at radius 2 is 1.50 bits per heavy atom. The zero-order chi connectivity index (χ0) is 30.6. The van der Waals surface area contributed by atoms with E-state index in [-0.39, 0.29) is 27.1 Å². The molecule has 0 aliphatic carbocycles. The molecule has 0 heterocycles. The largest absolute Gasteiger partial charge is 0.417 e. The molecule has 0 saturated carbocycles. The Bertz CT molecular complexity index is 1250. The van der Waals surface area contributed by atoms with Crippen LogP contribution < -0.4 is 5.32 Å². The average Bonchev–Trinajstić information content (AvgIpc) is 2.82. The highest BCUT2D eigenvalue weighted by Crippen LogP contribution is 2.41. The van der Waals surface area contributed by atoms with Gasteiger partial charge in [0.25, 0.3) is 0 Å². The van der Waals surface area contributed by atoms with Gasteiger partial charge >= 0.3 is 18.5 Å². The lowest BCUT2D eigenvalue weighted by atomic mass is 9.93. The zero-order valence-corrected chi connectivity index (χ0v) is 22.4. The highest BCUT2D eigenvalue weighted by atomic mass is 35.5. The first-order valence-electron chi connectivity index (χ1n) is 11.2. The van der Waals surface area contributed by atoms with Gasteiger partial charge in [-0.15, -0.1) is 0 Å². The summed E-state index contributed by atoms with van der Waals surface area (Å²) in [6.07, 6.45) is -14.2. The fraction of sp³-hybridized carbons (Fsp3) is 0.360. The molecule has 0 bridgehead atoms. The number of carbonyl (C=O) groups excluding carboxylic acids is 2. The number of Topliss-reactive ketones (excluding diaryl/α,β-unsaturated/α-hetero) is 1. The Kier molecular flexibility index (Phi) is 11.0. The number of benzene rings is 2. The Morgan fingerprint density at radius 1 is 0.925 bits per heavy atom. The lowest BCUT2D eigenvalue weighted by molar-refractivity contribution is -0.140. The quantitative estimate of drug-likeness (QED) is 0.168. The molecule has 0 radical (unpaired) electrons. The molecule has 0 aromatic heterocycles. The van der Waals surface area contributed by atoms with Gasteiger partial charge < -0.3 is 5.32 Å². The van der Waals surface area contributed by atoms with Gasteiger partial charge in [0.05, 0.1) is 26.5 Å². The number of rotatable bonds is 9. The van der Waals surface area contributed by atoms with Crippen LogP contribution in [0.5, 0.6) is 0 Å². The summed E-state index contributed by atoms with van der Waals surface area (Å²) >= 11 is 17.4. The minimum atomic E-state index is -5.08. The molecule has 2 aromatic carbocycles. The summed E-state index contributed by atoms with van der Waals surface area (Å²) in [6.45, 7) is -0.402. The van der Waals surface area contributed by atoms with Crippen LogP contribution >= 0.6 is 34.8 Å². The third-order valence-corrected chi connectivity index (χ3v) is 6.76. The van der Waals surface area contributed by atoms with Crippen LogP contribution in [0.15, 0.2) is 36.4 Å². The van der Waals surface area contributed by atoms with Gasteiger partial charge in [-0.25, -0.2) is 0 Å². The lowest BCUT2D eigenvalue weighted by Gasteiger charge is -2.19. The maximum absolute atomic E-state index is 13.7. The predicted molar refractivity (Wildman–Crippen MR) is 133 cm³/mol. The number of hydrogen-bond donors (Lipinski definition) is 1. The van der Waals surface area contributed by atoms with E-state index in [0.717, 1.165) is 30.3 Å². The molecule has 2 atom stereocenters. The fourth-order valence-corrected chi connectivity index (χ4v) is 4.10. The standard InChI is InChI=1S/C25H19Cl3F9NO2/c1-12(22(40)38-11-23(29,30)31)2-7-20(39)15-5-3-13(8-17(15)25(35,36)37)4-6-16(24(32,33)34)14-9-18(26)21(28)19(27)10-14/h3-6,8-10,12,16H,2,7,11H2,1H3,(H,38,40)/b6-4+. The molecule has 3 nitrogen and oxygen atoms in total. The van der Waals surface area contributed by atoms with Gasteiger partial charge in [-0.2, -0.15) is 39.5 Å². The third-order valence-electron chi connectivity index (χ3n) is 5.56. The van der Waals surface area contributed by atoms with Crippen LogP contribution in [-0.2, 0) is 11.0 Å². The second-order valence-electron chi connectivity index (χ2n) is 8.68. The number of hydrogen-bond acceptors (Lipinski definition) is 2. The molecule has 0 aliphatic heterocycles. The second kappa shape index (κ2) is 13.0. The molecule has 40 heavy (non-hydrogen) atoms. The van der Waals surface area contributed by atoms with Crippen LogP contribution in [0, 0.1) is 5.92 Å². The summed E-state index contributed by atoms with van der Waals surface area (Å²) in [5.74, 6) is -5.53. The van der Waals surface area contributed by atoms with Gasteiger partial charge in [0, 0.05) is 17.9 Å². The highest BCUT2D eigenvalue weighted by Gasteiger charge is 2.40. The Hall–Kier alpha value is -2.44. The molecule has 220 valence electrons. The first kappa shape index (κ1) is 33.8. The van der Waals surface area contributed by atoms with Crippen molar-refractivity contribution in [1.29, 1.82) is 0 Å². The summed E-state index contributed by atoms with van der Waals surface area (Å²) in [7, 11) is 0. The van der Waals surface area contributed by atoms with Crippen molar-refractivity contribution in [3.63, 3.8) is 0 Å².